The zero-order valence-corrected chi connectivity index (χ0v) is 22.4. The molecule has 2 aromatic carbocycles. The molecule has 0 fully saturated rings. The summed E-state index contributed by atoms with van der Waals surface area (Å²) in [7, 11) is 0. The topological polar surface area (TPSA) is 78.5 Å². The van der Waals surface area contributed by atoms with E-state index in [1.165, 1.54) is 23.5 Å². The van der Waals surface area contributed by atoms with Gasteiger partial charge in [0.15, 0.2) is 0 Å². The van der Waals surface area contributed by atoms with Crippen molar-refractivity contribution in [1.29, 1.82) is 0 Å². The zero-order valence-electron chi connectivity index (χ0n) is 21.6. The van der Waals surface area contributed by atoms with Gasteiger partial charge in [0.05, 0.1) is 17.0 Å². The Morgan fingerprint density at radius 2 is 1.68 bits per heavy atom. The number of amides is 3. The Kier molecular flexibility index (Phi) is 8.98. The van der Waals surface area contributed by atoms with E-state index in [-0.39, 0.29) is 5.69 Å². The number of nitrogens with zero attached hydrogens (tertiary/aromatic N) is 1. The van der Waals surface area contributed by atoms with Crippen LogP contribution in [0.5, 0.6) is 0 Å². The van der Waals surface area contributed by atoms with Crippen molar-refractivity contribution in [1.82, 2.24) is 10.6 Å². The van der Waals surface area contributed by atoms with E-state index in [0.29, 0.717) is 16.9 Å². The molecule has 1 atom stereocenters. The molecule has 2 N–H and O–H groups in total. The summed E-state index contributed by atoms with van der Waals surface area (Å²) in [6.07, 6.45) is -4.09. The van der Waals surface area contributed by atoms with Crippen LogP contribution in [0.3, 0.4) is 0 Å². The monoisotopic (exact) mass is 545 g/mol. The van der Waals surface area contributed by atoms with E-state index in [1.54, 1.807) is 41.8 Å². The van der Waals surface area contributed by atoms with Gasteiger partial charge in [-0.25, -0.2) is 0 Å². The minimum absolute atomic E-state index is 0.120. The lowest BCUT2D eigenvalue weighted by Crippen LogP contribution is -2.52. The van der Waals surface area contributed by atoms with Crippen LogP contribution in [-0.4, -0.2) is 29.8 Å². The number of hydrogen-bond donors (Lipinski definition) is 2. The van der Waals surface area contributed by atoms with E-state index in [1.807, 2.05) is 27.7 Å². The smallest absolute Gasteiger partial charge is 0.349 e. The summed E-state index contributed by atoms with van der Waals surface area (Å²) in [5.41, 5.74) is -0.412. The second kappa shape index (κ2) is 11.8. The first-order chi connectivity index (χ1) is 17.8. The molecular formula is C28H30F3N3O3S. The SMILES string of the molecule is CCC(C)(C)NC(=O)[C@@H](c1ccc(C)cc1)N(C(=O)CNC(=O)c1cccs1)c1cccc(C(F)(F)F)c1. The molecule has 1 aromatic heterocycles. The largest absolute Gasteiger partial charge is 0.416 e. The molecule has 0 saturated heterocycles. The Balaban J connectivity index is 2.10. The van der Waals surface area contributed by atoms with Gasteiger partial charge in [-0.1, -0.05) is 48.9 Å². The number of carbonyl (C=O) groups excluding carboxylic acids is 3. The molecular weight excluding hydrogens is 515 g/mol. The molecule has 38 heavy (non-hydrogen) atoms. The van der Waals surface area contributed by atoms with Gasteiger partial charge in [-0.2, -0.15) is 13.2 Å². The van der Waals surface area contributed by atoms with Gasteiger partial charge in [-0.15, -0.1) is 11.3 Å². The van der Waals surface area contributed by atoms with E-state index >= 15 is 0 Å². The van der Waals surface area contributed by atoms with E-state index < -0.39 is 47.6 Å². The number of hydrogen-bond acceptors (Lipinski definition) is 4. The number of halogens is 3. The molecule has 0 bridgehead atoms. The summed E-state index contributed by atoms with van der Waals surface area (Å²) in [5, 5.41) is 7.14. The van der Waals surface area contributed by atoms with Crippen molar-refractivity contribution >= 4 is 34.7 Å². The second-order valence-corrected chi connectivity index (χ2v) is 10.5. The number of aryl methyl sites for hydroxylation is 1. The third-order valence-corrected chi connectivity index (χ3v) is 6.98. The Morgan fingerprint density at radius 1 is 1.00 bits per heavy atom. The molecule has 3 aromatic rings. The number of benzene rings is 2. The van der Waals surface area contributed by atoms with Crippen molar-refractivity contribution in [3.05, 3.63) is 87.6 Å². The predicted molar refractivity (Wildman–Crippen MR) is 142 cm³/mol. The molecule has 202 valence electrons. The number of alkyl halides is 3. The van der Waals surface area contributed by atoms with Crippen molar-refractivity contribution in [2.75, 3.05) is 11.4 Å². The van der Waals surface area contributed by atoms with E-state index in [2.05, 4.69) is 10.6 Å². The van der Waals surface area contributed by atoms with Gasteiger partial charge in [0.2, 0.25) is 11.8 Å². The molecule has 3 rings (SSSR count). The number of anilines is 1. The van der Waals surface area contributed by atoms with Crippen molar-refractivity contribution < 1.29 is 27.6 Å². The number of carbonyl (C=O) groups is 3. The lowest BCUT2D eigenvalue weighted by atomic mass is 9.97. The third-order valence-electron chi connectivity index (χ3n) is 6.11. The predicted octanol–water partition coefficient (Wildman–Crippen LogP) is 5.88. The Labute approximate surface area is 223 Å². The Bertz CT molecular complexity index is 1270. The molecule has 0 aliphatic carbocycles. The highest BCUT2D eigenvalue weighted by Gasteiger charge is 2.37. The van der Waals surface area contributed by atoms with Gasteiger partial charge >= 0.3 is 6.18 Å². The van der Waals surface area contributed by atoms with Crippen molar-refractivity contribution in [2.24, 2.45) is 0 Å². The number of nitrogens with one attached hydrogen (secondary N) is 2. The minimum atomic E-state index is -4.66. The maximum absolute atomic E-state index is 13.7. The molecule has 10 heteroatoms. The maximum atomic E-state index is 13.7. The standard InChI is InChI=1S/C28H30F3N3O3S/c1-5-27(3,4)33-26(37)24(19-13-11-18(2)12-14-19)34(21-9-6-8-20(16-21)28(29,30)31)23(35)17-32-25(36)22-10-7-15-38-22/h6-16,24H,5,17H2,1-4H3,(H,32,36)(H,33,37)/t24-/m1/s1. The highest BCUT2D eigenvalue weighted by atomic mass is 32.1. The van der Waals surface area contributed by atoms with Crippen LogP contribution in [0, 0.1) is 6.92 Å². The summed E-state index contributed by atoms with van der Waals surface area (Å²) < 4.78 is 40.8. The zero-order chi connectivity index (χ0) is 28.1. The van der Waals surface area contributed by atoms with Crippen LogP contribution in [0.15, 0.2) is 66.0 Å². The molecule has 0 unspecified atom stereocenters. The van der Waals surface area contributed by atoms with Gasteiger partial charge in [0, 0.05) is 11.2 Å². The van der Waals surface area contributed by atoms with Crippen LogP contribution in [0.2, 0.25) is 0 Å². The fourth-order valence-electron chi connectivity index (χ4n) is 3.66. The third kappa shape index (κ3) is 7.22. The highest BCUT2D eigenvalue weighted by molar-refractivity contribution is 7.12. The molecule has 0 aliphatic heterocycles. The average molecular weight is 546 g/mol. The summed E-state index contributed by atoms with van der Waals surface area (Å²) in [6.45, 7) is 6.84. The Hall–Kier alpha value is -3.66. The van der Waals surface area contributed by atoms with Gasteiger partial charge in [-0.05, 0) is 62.4 Å². The molecule has 0 spiro atoms. The van der Waals surface area contributed by atoms with Crippen LogP contribution < -0.4 is 15.5 Å². The summed E-state index contributed by atoms with van der Waals surface area (Å²) >= 11 is 1.18. The molecule has 0 saturated carbocycles. The first-order valence-corrected chi connectivity index (χ1v) is 12.9. The fourth-order valence-corrected chi connectivity index (χ4v) is 4.30. The molecule has 6 nitrogen and oxygen atoms in total. The maximum Gasteiger partial charge on any atom is 0.416 e. The van der Waals surface area contributed by atoms with E-state index in [0.717, 1.165) is 22.6 Å². The van der Waals surface area contributed by atoms with Crippen LogP contribution in [-0.2, 0) is 15.8 Å². The van der Waals surface area contributed by atoms with Crippen LogP contribution in [0.4, 0.5) is 18.9 Å². The summed E-state index contributed by atoms with van der Waals surface area (Å²) in [4.78, 5) is 41.3. The molecule has 1 heterocycles. The van der Waals surface area contributed by atoms with Gasteiger partial charge in [-0.3, -0.25) is 19.3 Å². The van der Waals surface area contributed by atoms with E-state index in [9.17, 15) is 27.6 Å². The van der Waals surface area contributed by atoms with E-state index in [4.69, 9.17) is 0 Å². The molecule has 3 amide bonds. The van der Waals surface area contributed by atoms with Gasteiger partial charge in [0.25, 0.3) is 5.91 Å². The van der Waals surface area contributed by atoms with Crippen LogP contribution >= 0.6 is 11.3 Å². The first kappa shape index (κ1) is 28.9. The van der Waals surface area contributed by atoms with Gasteiger partial charge < -0.3 is 10.6 Å². The summed E-state index contributed by atoms with van der Waals surface area (Å²) in [6, 6.07) is 13.1. The van der Waals surface area contributed by atoms with Crippen LogP contribution in [0.25, 0.3) is 0 Å². The van der Waals surface area contributed by atoms with Crippen molar-refractivity contribution in [3.8, 4) is 0 Å². The number of thiophene rings is 1. The molecule has 0 radical (unpaired) electrons. The fraction of sp³-hybridized carbons (Fsp3) is 0.321. The van der Waals surface area contributed by atoms with Crippen molar-refractivity contribution in [2.45, 2.75) is 51.9 Å². The Morgan fingerprint density at radius 3 is 2.26 bits per heavy atom. The minimum Gasteiger partial charge on any atom is -0.349 e. The molecule has 0 aliphatic rings. The first-order valence-electron chi connectivity index (χ1n) is 12.0. The quantitative estimate of drug-likeness (QED) is 0.352. The second-order valence-electron chi connectivity index (χ2n) is 9.51. The lowest BCUT2D eigenvalue weighted by molar-refractivity contribution is -0.137. The summed E-state index contributed by atoms with van der Waals surface area (Å²) in [5.74, 6) is -1.80. The lowest BCUT2D eigenvalue weighted by Gasteiger charge is -2.35. The average Bonchev–Trinajstić information content (AvgIpc) is 3.41. The normalized spacial score (nSPS) is 12.5. The van der Waals surface area contributed by atoms with Crippen LogP contribution in [0.1, 0.15) is 59.6 Å². The van der Waals surface area contributed by atoms with Crippen molar-refractivity contribution in [3.63, 3.8) is 0 Å². The van der Waals surface area contributed by atoms with Gasteiger partial charge in [0.1, 0.15) is 6.04 Å². The number of rotatable bonds is 9. The highest BCUT2D eigenvalue weighted by Crippen LogP contribution is 2.35.